The molecule has 2 aliphatic rings. The van der Waals surface area contributed by atoms with E-state index in [1.165, 1.54) is 4.90 Å². The van der Waals surface area contributed by atoms with E-state index < -0.39 is 0 Å². The number of benzene rings is 1. The zero-order valence-electron chi connectivity index (χ0n) is 14.9. The molecule has 6 heteroatoms. The van der Waals surface area contributed by atoms with Crippen molar-refractivity contribution in [1.82, 2.24) is 9.80 Å². The number of ether oxygens (including phenoxy) is 1. The molecule has 1 unspecified atom stereocenters. The second kappa shape index (κ2) is 8.23. The molecule has 0 aliphatic carbocycles. The van der Waals surface area contributed by atoms with Gasteiger partial charge in [-0.1, -0.05) is 13.8 Å². The lowest BCUT2D eigenvalue weighted by atomic mass is 10.1. The molecule has 136 valence electrons. The quantitative estimate of drug-likeness (QED) is 0.773. The van der Waals surface area contributed by atoms with Crippen molar-refractivity contribution in [2.75, 3.05) is 32.8 Å². The highest BCUT2D eigenvalue weighted by molar-refractivity contribution is 7.99. The van der Waals surface area contributed by atoms with Crippen LogP contribution in [-0.4, -0.2) is 65.8 Å². The number of hydrogen-bond acceptors (Lipinski definition) is 4. The maximum absolute atomic E-state index is 12.7. The summed E-state index contributed by atoms with van der Waals surface area (Å²) in [5.41, 5.74) is 0.715. The van der Waals surface area contributed by atoms with Gasteiger partial charge in [0.2, 0.25) is 0 Å². The van der Waals surface area contributed by atoms with Crippen molar-refractivity contribution < 1.29 is 14.3 Å². The number of rotatable bonds is 4. The molecule has 1 atom stereocenters. The molecule has 2 heterocycles. The smallest absolute Gasteiger partial charge is 0.253 e. The van der Waals surface area contributed by atoms with Crippen LogP contribution in [0, 0.1) is 0 Å². The van der Waals surface area contributed by atoms with Crippen LogP contribution in [0.2, 0.25) is 0 Å². The second-order valence-electron chi connectivity index (χ2n) is 6.81. The molecule has 0 radical (unpaired) electrons. The Morgan fingerprint density at radius 1 is 1.08 bits per heavy atom. The SMILES string of the molecule is CC(C)Sc1ccc(C(=O)N2CCN(C(=O)C3CCCO3)CC2)cc1. The van der Waals surface area contributed by atoms with E-state index in [0.717, 1.165) is 12.8 Å². The maximum Gasteiger partial charge on any atom is 0.253 e. The summed E-state index contributed by atoms with van der Waals surface area (Å²) < 4.78 is 5.48. The average molecular weight is 362 g/mol. The summed E-state index contributed by atoms with van der Waals surface area (Å²) in [5.74, 6) is 0.130. The fourth-order valence-corrected chi connectivity index (χ4v) is 4.07. The van der Waals surface area contributed by atoms with Crippen LogP contribution in [0.3, 0.4) is 0 Å². The zero-order chi connectivity index (χ0) is 17.8. The van der Waals surface area contributed by atoms with Gasteiger partial charge < -0.3 is 14.5 Å². The van der Waals surface area contributed by atoms with Crippen molar-refractivity contribution in [3.63, 3.8) is 0 Å². The first kappa shape index (κ1) is 18.3. The molecular formula is C19H26N2O3S. The van der Waals surface area contributed by atoms with Crippen molar-refractivity contribution >= 4 is 23.6 Å². The monoisotopic (exact) mass is 362 g/mol. The van der Waals surface area contributed by atoms with Crippen LogP contribution in [-0.2, 0) is 9.53 Å². The first-order valence-electron chi connectivity index (χ1n) is 9.01. The number of carbonyl (C=O) groups is 2. The largest absolute Gasteiger partial charge is 0.368 e. The molecular weight excluding hydrogens is 336 g/mol. The van der Waals surface area contributed by atoms with E-state index >= 15 is 0 Å². The second-order valence-corrected chi connectivity index (χ2v) is 8.46. The van der Waals surface area contributed by atoms with Crippen LogP contribution in [0.5, 0.6) is 0 Å². The highest BCUT2D eigenvalue weighted by Gasteiger charge is 2.31. The predicted octanol–water partition coefficient (Wildman–Crippen LogP) is 2.65. The van der Waals surface area contributed by atoms with E-state index in [1.807, 2.05) is 34.1 Å². The lowest BCUT2D eigenvalue weighted by Gasteiger charge is -2.35. The number of amides is 2. The Balaban J connectivity index is 1.53. The van der Waals surface area contributed by atoms with Gasteiger partial charge in [-0.2, -0.15) is 0 Å². The van der Waals surface area contributed by atoms with Crippen LogP contribution in [0.4, 0.5) is 0 Å². The molecule has 0 bridgehead atoms. The third-order valence-corrected chi connectivity index (χ3v) is 5.57. The van der Waals surface area contributed by atoms with Gasteiger partial charge in [0, 0.05) is 48.5 Å². The average Bonchev–Trinajstić information content (AvgIpc) is 3.15. The molecule has 2 fully saturated rings. The van der Waals surface area contributed by atoms with E-state index in [1.54, 1.807) is 11.8 Å². The molecule has 25 heavy (non-hydrogen) atoms. The van der Waals surface area contributed by atoms with E-state index in [0.29, 0.717) is 43.6 Å². The molecule has 0 saturated carbocycles. The molecule has 3 rings (SSSR count). The van der Waals surface area contributed by atoms with E-state index in [-0.39, 0.29) is 17.9 Å². The van der Waals surface area contributed by atoms with Gasteiger partial charge in [0.05, 0.1) is 0 Å². The normalized spacial score (nSPS) is 21.0. The Kier molecular flexibility index (Phi) is 6.02. The fourth-order valence-electron chi connectivity index (χ4n) is 3.24. The third-order valence-electron chi connectivity index (χ3n) is 4.56. The van der Waals surface area contributed by atoms with Gasteiger partial charge in [-0.05, 0) is 37.1 Å². The van der Waals surface area contributed by atoms with Crippen molar-refractivity contribution in [3.8, 4) is 0 Å². The number of carbonyl (C=O) groups excluding carboxylic acids is 2. The van der Waals surface area contributed by atoms with Gasteiger partial charge in [-0.3, -0.25) is 9.59 Å². The van der Waals surface area contributed by atoms with Gasteiger partial charge in [0.25, 0.3) is 11.8 Å². The Morgan fingerprint density at radius 3 is 2.28 bits per heavy atom. The number of piperazine rings is 1. The Labute approximate surface area is 153 Å². The predicted molar refractivity (Wildman–Crippen MR) is 98.9 cm³/mol. The van der Waals surface area contributed by atoms with Crippen molar-refractivity contribution in [3.05, 3.63) is 29.8 Å². The number of nitrogens with zero attached hydrogens (tertiary/aromatic N) is 2. The van der Waals surface area contributed by atoms with E-state index in [4.69, 9.17) is 4.74 Å². The molecule has 2 aliphatic heterocycles. The summed E-state index contributed by atoms with van der Waals surface area (Å²) in [6, 6.07) is 7.82. The number of thioether (sulfide) groups is 1. The van der Waals surface area contributed by atoms with Gasteiger partial charge in [0.15, 0.2) is 0 Å². The van der Waals surface area contributed by atoms with Crippen molar-refractivity contribution in [2.45, 2.75) is 42.9 Å². The number of hydrogen-bond donors (Lipinski definition) is 0. The summed E-state index contributed by atoms with van der Waals surface area (Å²) >= 11 is 1.79. The minimum absolute atomic E-state index is 0.0466. The van der Waals surface area contributed by atoms with Crippen LogP contribution in [0.25, 0.3) is 0 Å². The third kappa shape index (κ3) is 4.55. The maximum atomic E-state index is 12.7. The summed E-state index contributed by atoms with van der Waals surface area (Å²) in [7, 11) is 0. The fraction of sp³-hybridized carbons (Fsp3) is 0.579. The van der Waals surface area contributed by atoms with Crippen molar-refractivity contribution in [1.29, 1.82) is 0 Å². The highest BCUT2D eigenvalue weighted by atomic mass is 32.2. The summed E-state index contributed by atoms with van der Waals surface area (Å²) in [6.07, 6.45) is 1.51. The molecule has 1 aromatic rings. The summed E-state index contributed by atoms with van der Waals surface area (Å²) in [5, 5.41) is 0.524. The summed E-state index contributed by atoms with van der Waals surface area (Å²) in [6.45, 7) is 7.33. The topological polar surface area (TPSA) is 49.9 Å². The highest BCUT2D eigenvalue weighted by Crippen LogP contribution is 2.23. The molecule has 0 spiro atoms. The van der Waals surface area contributed by atoms with Crippen LogP contribution in [0.15, 0.2) is 29.2 Å². The van der Waals surface area contributed by atoms with Crippen LogP contribution >= 0.6 is 11.8 Å². The van der Waals surface area contributed by atoms with Crippen molar-refractivity contribution in [2.24, 2.45) is 0 Å². The molecule has 2 saturated heterocycles. The molecule has 0 aromatic heterocycles. The minimum atomic E-state index is -0.270. The van der Waals surface area contributed by atoms with E-state index in [2.05, 4.69) is 13.8 Å². The standard InChI is InChI=1S/C19H26N2O3S/c1-14(2)25-16-7-5-15(6-8-16)18(22)20-9-11-21(12-10-20)19(23)17-4-3-13-24-17/h5-8,14,17H,3-4,9-13H2,1-2H3. The zero-order valence-corrected chi connectivity index (χ0v) is 15.8. The van der Waals surface area contributed by atoms with Gasteiger partial charge in [0.1, 0.15) is 6.10 Å². The summed E-state index contributed by atoms with van der Waals surface area (Å²) in [4.78, 5) is 29.9. The molecule has 2 amide bonds. The van der Waals surface area contributed by atoms with E-state index in [9.17, 15) is 9.59 Å². The van der Waals surface area contributed by atoms with Gasteiger partial charge >= 0.3 is 0 Å². The Hall–Kier alpha value is -1.53. The molecule has 5 nitrogen and oxygen atoms in total. The Bertz CT molecular complexity index is 604. The molecule has 1 aromatic carbocycles. The Morgan fingerprint density at radius 2 is 1.72 bits per heavy atom. The molecule has 0 N–H and O–H groups in total. The minimum Gasteiger partial charge on any atom is -0.368 e. The lowest BCUT2D eigenvalue weighted by molar-refractivity contribution is -0.142. The van der Waals surface area contributed by atoms with Gasteiger partial charge in [-0.25, -0.2) is 0 Å². The van der Waals surface area contributed by atoms with Gasteiger partial charge in [-0.15, -0.1) is 11.8 Å². The first-order chi connectivity index (χ1) is 12.0. The van der Waals surface area contributed by atoms with Crippen LogP contribution < -0.4 is 0 Å². The first-order valence-corrected chi connectivity index (χ1v) is 9.89. The van der Waals surface area contributed by atoms with Crippen LogP contribution in [0.1, 0.15) is 37.0 Å². The lowest BCUT2D eigenvalue weighted by Crippen LogP contribution is -2.52.